The summed E-state index contributed by atoms with van der Waals surface area (Å²) in [7, 11) is 0. The fraction of sp³-hybridized carbons (Fsp3) is 0.846. The van der Waals surface area contributed by atoms with E-state index in [1.807, 2.05) is 0 Å². The van der Waals surface area contributed by atoms with E-state index in [0.717, 1.165) is 0 Å². The monoisotopic (exact) mass is 287 g/mol. The van der Waals surface area contributed by atoms with Crippen molar-refractivity contribution >= 4 is 12.1 Å². The van der Waals surface area contributed by atoms with Crippen LogP contribution in [-0.2, 0) is 19.0 Å². The van der Waals surface area contributed by atoms with Crippen molar-refractivity contribution in [1.29, 1.82) is 0 Å². The lowest BCUT2D eigenvalue weighted by Crippen LogP contribution is -2.53. The van der Waals surface area contributed by atoms with Crippen LogP contribution in [0.3, 0.4) is 0 Å². The fourth-order valence-electron chi connectivity index (χ4n) is 2.23. The van der Waals surface area contributed by atoms with Gasteiger partial charge in [0.25, 0.3) is 0 Å². The Balaban J connectivity index is 2.10. The number of ether oxygens (including phenoxy) is 3. The first-order valence-corrected chi connectivity index (χ1v) is 6.61. The number of hydrogen-bond donors (Lipinski definition) is 1. The average Bonchev–Trinajstić information content (AvgIpc) is 2.45. The lowest BCUT2D eigenvalue weighted by Gasteiger charge is -2.42. The molecule has 0 aromatic heterocycles. The van der Waals surface area contributed by atoms with E-state index in [0.29, 0.717) is 19.8 Å². The van der Waals surface area contributed by atoms with Crippen LogP contribution in [0.1, 0.15) is 20.8 Å². The first kappa shape index (κ1) is 15.1. The molecule has 2 rings (SSSR count). The van der Waals surface area contributed by atoms with Gasteiger partial charge in [0.15, 0.2) is 6.10 Å². The van der Waals surface area contributed by atoms with E-state index in [1.165, 1.54) is 4.90 Å². The van der Waals surface area contributed by atoms with E-state index in [2.05, 4.69) is 0 Å². The Hall–Kier alpha value is -1.34. The van der Waals surface area contributed by atoms with Gasteiger partial charge in [-0.1, -0.05) is 0 Å². The summed E-state index contributed by atoms with van der Waals surface area (Å²) in [4.78, 5) is 24.7. The van der Waals surface area contributed by atoms with E-state index in [1.54, 1.807) is 20.8 Å². The van der Waals surface area contributed by atoms with Crippen LogP contribution < -0.4 is 0 Å². The van der Waals surface area contributed by atoms with Crippen molar-refractivity contribution in [1.82, 2.24) is 4.90 Å². The maximum Gasteiger partial charge on any atom is 0.410 e. The molecule has 7 nitrogen and oxygen atoms in total. The van der Waals surface area contributed by atoms with Gasteiger partial charge < -0.3 is 24.2 Å². The van der Waals surface area contributed by atoms with E-state index in [4.69, 9.17) is 19.3 Å². The van der Waals surface area contributed by atoms with E-state index < -0.39 is 23.8 Å². The van der Waals surface area contributed by atoms with Crippen LogP contribution >= 0.6 is 0 Å². The van der Waals surface area contributed by atoms with Crippen LogP contribution in [0, 0.1) is 5.41 Å². The SMILES string of the molecule is CC(C)(C)OC(=O)N1C[C@@H](C(=O)O)OCC2(COC2)C1. The molecular formula is C13H21NO6. The third-order valence-corrected chi connectivity index (χ3v) is 3.25. The topological polar surface area (TPSA) is 85.3 Å². The molecule has 1 N–H and O–H groups in total. The Morgan fingerprint density at radius 3 is 2.40 bits per heavy atom. The normalized spacial score (nSPS) is 25.8. The number of aliphatic carboxylic acids is 1. The smallest absolute Gasteiger partial charge is 0.410 e. The van der Waals surface area contributed by atoms with Crippen molar-refractivity contribution < 1.29 is 28.9 Å². The number of amides is 1. The van der Waals surface area contributed by atoms with E-state index in [-0.39, 0.29) is 18.6 Å². The highest BCUT2D eigenvalue weighted by Gasteiger charge is 2.46. The number of carbonyl (C=O) groups excluding carboxylic acids is 1. The molecule has 2 fully saturated rings. The number of rotatable bonds is 1. The molecule has 0 aromatic carbocycles. The lowest BCUT2D eigenvalue weighted by atomic mass is 9.86. The van der Waals surface area contributed by atoms with Gasteiger partial charge in [-0.2, -0.15) is 0 Å². The molecule has 0 unspecified atom stereocenters. The van der Waals surface area contributed by atoms with Crippen molar-refractivity contribution in [3.63, 3.8) is 0 Å². The first-order valence-electron chi connectivity index (χ1n) is 6.61. The van der Waals surface area contributed by atoms with Crippen LogP contribution in [0.15, 0.2) is 0 Å². The molecule has 20 heavy (non-hydrogen) atoms. The standard InChI is InChI=1S/C13H21NO6/c1-12(2,3)20-11(17)14-4-9(10(15)16)19-8-13(5-14)6-18-7-13/h9H,4-8H2,1-3H3,(H,15,16)/t9-/m0/s1. The van der Waals surface area contributed by atoms with Gasteiger partial charge in [0, 0.05) is 6.54 Å². The van der Waals surface area contributed by atoms with Gasteiger partial charge >= 0.3 is 12.1 Å². The Labute approximate surface area is 117 Å². The molecule has 1 atom stereocenters. The van der Waals surface area contributed by atoms with Crippen molar-refractivity contribution in [2.24, 2.45) is 5.41 Å². The molecule has 2 aliphatic heterocycles. The summed E-state index contributed by atoms with van der Waals surface area (Å²) in [6.45, 7) is 6.93. The number of nitrogens with zero attached hydrogens (tertiary/aromatic N) is 1. The Kier molecular flexibility index (Phi) is 3.93. The molecule has 0 aromatic rings. The van der Waals surface area contributed by atoms with E-state index >= 15 is 0 Å². The van der Waals surface area contributed by atoms with Gasteiger partial charge in [-0.15, -0.1) is 0 Å². The minimum absolute atomic E-state index is 0.00794. The molecule has 1 spiro atoms. The highest BCUT2D eigenvalue weighted by Crippen LogP contribution is 2.32. The van der Waals surface area contributed by atoms with Crippen LogP contribution in [0.25, 0.3) is 0 Å². The van der Waals surface area contributed by atoms with Gasteiger partial charge in [-0.25, -0.2) is 9.59 Å². The van der Waals surface area contributed by atoms with Gasteiger partial charge in [0.2, 0.25) is 0 Å². The second-order valence-corrected chi connectivity index (χ2v) is 6.49. The number of carbonyl (C=O) groups is 2. The quantitative estimate of drug-likeness (QED) is 0.765. The molecule has 7 heteroatoms. The minimum Gasteiger partial charge on any atom is -0.479 e. The van der Waals surface area contributed by atoms with Crippen molar-refractivity contribution in [3.8, 4) is 0 Å². The molecule has 0 radical (unpaired) electrons. The molecule has 0 aliphatic carbocycles. The molecule has 2 heterocycles. The zero-order valence-electron chi connectivity index (χ0n) is 12.0. The predicted molar refractivity (Wildman–Crippen MR) is 68.4 cm³/mol. The summed E-state index contributed by atoms with van der Waals surface area (Å²) < 4.78 is 15.9. The predicted octanol–water partition coefficient (Wildman–Crippen LogP) is 0.724. The number of hydrogen-bond acceptors (Lipinski definition) is 5. The van der Waals surface area contributed by atoms with E-state index in [9.17, 15) is 9.59 Å². The largest absolute Gasteiger partial charge is 0.479 e. The summed E-state index contributed by atoms with van der Waals surface area (Å²) in [6, 6.07) is 0. The first-order chi connectivity index (χ1) is 9.21. The third kappa shape index (κ3) is 3.40. The van der Waals surface area contributed by atoms with Crippen LogP contribution in [0.2, 0.25) is 0 Å². The van der Waals surface area contributed by atoms with Crippen LogP contribution in [-0.4, -0.2) is 66.7 Å². The molecule has 1 amide bonds. The maximum atomic E-state index is 12.2. The van der Waals surface area contributed by atoms with Gasteiger partial charge in [-0.3, -0.25) is 0 Å². The van der Waals surface area contributed by atoms with Crippen molar-refractivity contribution in [2.75, 3.05) is 32.9 Å². The molecule has 2 saturated heterocycles. The molecule has 0 saturated carbocycles. The van der Waals surface area contributed by atoms with Crippen LogP contribution in [0.5, 0.6) is 0 Å². The summed E-state index contributed by atoms with van der Waals surface area (Å²) in [6.07, 6.45) is -1.54. The summed E-state index contributed by atoms with van der Waals surface area (Å²) in [5.41, 5.74) is -0.923. The van der Waals surface area contributed by atoms with Crippen molar-refractivity contribution in [2.45, 2.75) is 32.5 Å². The maximum absolute atomic E-state index is 12.2. The van der Waals surface area contributed by atoms with Crippen LogP contribution in [0.4, 0.5) is 4.79 Å². The Morgan fingerprint density at radius 1 is 1.30 bits per heavy atom. The van der Waals surface area contributed by atoms with Gasteiger partial charge in [0.1, 0.15) is 5.60 Å². The summed E-state index contributed by atoms with van der Waals surface area (Å²) in [5, 5.41) is 9.12. The minimum atomic E-state index is -1.07. The molecular weight excluding hydrogens is 266 g/mol. The zero-order valence-corrected chi connectivity index (χ0v) is 12.0. The fourth-order valence-corrected chi connectivity index (χ4v) is 2.23. The van der Waals surface area contributed by atoms with Gasteiger partial charge in [-0.05, 0) is 20.8 Å². The highest BCUT2D eigenvalue weighted by atomic mass is 16.6. The molecule has 114 valence electrons. The number of carboxylic acid groups (broad SMARTS) is 1. The molecule has 2 aliphatic rings. The Bertz CT molecular complexity index is 398. The average molecular weight is 287 g/mol. The second kappa shape index (κ2) is 5.21. The van der Waals surface area contributed by atoms with Crippen molar-refractivity contribution in [3.05, 3.63) is 0 Å². The highest BCUT2D eigenvalue weighted by molar-refractivity contribution is 5.74. The molecule has 0 bridgehead atoms. The second-order valence-electron chi connectivity index (χ2n) is 6.49. The van der Waals surface area contributed by atoms with Gasteiger partial charge in [0.05, 0.1) is 31.8 Å². The lowest BCUT2D eigenvalue weighted by molar-refractivity contribution is -0.165. The third-order valence-electron chi connectivity index (χ3n) is 3.25. The summed E-state index contributed by atoms with van der Waals surface area (Å²) in [5.74, 6) is -1.07. The zero-order chi connectivity index (χ0) is 15.0. The Morgan fingerprint density at radius 2 is 1.95 bits per heavy atom. The number of carboxylic acids is 1. The summed E-state index contributed by atoms with van der Waals surface area (Å²) >= 11 is 0.